The second kappa shape index (κ2) is 7.27. The van der Waals surface area contributed by atoms with Crippen LogP contribution in [0, 0.1) is 5.41 Å². The van der Waals surface area contributed by atoms with E-state index >= 15 is 0 Å². The first kappa shape index (κ1) is 21.0. The normalized spacial score (nSPS) is 27.9. The molecule has 1 saturated heterocycles. The number of aromatic nitrogens is 4. The van der Waals surface area contributed by atoms with Crippen molar-refractivity contribution in [2.75, 3.05) is 6.61 Å². The number of phosphoric ester groups is 1. The fraction of sp³-hybridized carbons (Fsp3) is 0.500. The maximum atomic E-state index is 11.5. The third-order valence-electron chi connectivity index (χ3n) is 3.73. The van der Waals surface area contributed by atoms with E-state index in [-0.39, 0.29) is 11.2 Å². The molecule has 0 aliphatic carbocycles. The fourth-order valence-corrected chi connectivity index (χ4v) is 4.13. The van der Waals surface area contributed by atoms with Gasteiger partial charge in [-0.2, -0.15) is 9.04 Å². The molecule has 1 aliphatic heterocycles. The Morgan fingerprint density at radius 3 is 2.50 bits per heavy atom. The lowest BCUT2D eigenvalue weighted by Gasteiger charge is -2.17. The molecule has 156 valence electrons. The van der Waals surface area contributed by atoms with Crippen LogP contribution in [-0.2, 0) is 22.7 Å². The maximum Gasteiger partial charge on any atom is 0.481 e. The van der Waals surface area contributed by atoms with Gasteiger partial charge in [-0.1, -0.05) is 0 Å². The summed E-state index contributed by atoms with van der Waals surface area (Å²) in [6, 6.07) is 0. The monoisotopic (exact) mass is 443 g/mol. The lowest BCUT2D eigenvalue weighted by atomic mass is 10.1. The Morgan fingerprint density at radius 1 is 1.18 bits per heavy atom. The molecule has 7 N–H and O–H groups in total. The van der Waals surface area contributed by atoms with E-state index in [0.29, 0.717) is 4.73 Å². The lowest BCUT2D eigenvalue weighted by molar-refractivity contribution is -0.0503. The molecule has 5 atom stereocenters. The first-order valence-corrected chi connectivity index (χ1v) is 10.4. The second-order valence-corrected chi connectivity index (χ2v) is 8.47. The van der Waals surface area contributed by atoms with E-state index in [0.717, 1.165) is 17.2 Å². The Bertz CT molecular complexity index is 1030. The van der Waals surface area contributed by atoms with Crippen molar-refractivity contribution in [1.82, 2.24) is 19.3 Å². The van der Waals surface area contributed by atoms with Crippen molar-refractivity contribution in [3.63, 3.8) is 0 Å². The Labute approximate surface area is 154 Å². The van der Waals surface area contributed by atoms with Crippen LogP contribution in [0.5, 0.6) is 0 Å². The summed E-state index contributed by atoms with van der Waals surface area (Å²) >= 11 is 0. The van der Waals surface area contributed by atoms with Gasteiger partial charge in [0.15, 0.2) is 22.9 Å². The van der Waals surface area contributed by atoms with Crippen LogP contribution in [0.2, 0.25) is 0 Å². The standard InChI is InChI=1S/C10H15N5O11P2/c11-8-5-9(13-3-15(8)18)14(2-12-5)10-7(17)6(16)4(25-10)1-24-28(22,23)26-27(19,20)21/h2-4,6-7,10-11,16-18H,1H2,(H,22,23)(H2,19,20,21)/t4-,6-,7-,10-/m1/s1. The van der Waals surface area contributed by atoms with E-state index in [4.69, 9.17) is 19.9 Å². The number of imidazole rings is 1. The fourth-order valence-electron chi connectivity index (χ4n) is 2.53. The van der Waals surface area contributed by atoms with Crippen LogP contribution < -0.4 is 5.49 Å². The van der Waals surface area contributed by atoms with Crippen molar-refractivity contribution >= 4 is 26.8 Å². The van der Waals surface area contributed by atoms with Crippen molar-refractivity contribution in [2.24, 2.45) is 0 Å². The molecule has 0 aromatic carbocycles. The van der Waals surface area contributed by atoms with Gasteiger partial charge in [0.1, 0.15) is 24.6 Å². The molecule has 18 heteroatoms. The molecule has 1 unspecified atom stereocenters. The number of phosphoric acid groups is 2. The predicted octanol–water partition coefficient (Wildman–Crippen LogP) is -2.20. The highest BCUT2D eigenvalue weighted by molar-refractivity contribution is 7.60. The third kappa shape index (κ3) is 4.16. The van der Waals surface area contributed by atoms with Gasteiger partial charge in [0.2, 0.25) is 0 Å². The average Bonchev–Trinajstić information content (AvgIpc) is 3.10. The number of nitrogens with one attached hydrogen (secondary N) is 1. The molecule has 3 heterocycles. The summed E-state index contributed by atoms with van der Waals surface area (Å²) in [5.74, 6) is 0. The Morgan fingerprint density at radius 2 is 1.86 bits per heavy atom. The SMILES string of the molecule is N=c1c2ncn([C@@H]3O[C@H](COP(=O)(O)OP(=O)(O)O)[C@@H](O)[C@H]3O)c2ncn1O. The van der Waals surface area contributed by atoms with E-state index < -0.39 is 52.3 Å². The molecule has 1 aliphatic rings. The van der Waals surface area contributed by atoms with Crippen LogP contribution in [0.4, 0.5) is 0 Å². The molecule has 0 spiro atoms. The molecular formula is C10H15N5O11P2. The second-order valence-electron chi connectivity index (χ2n) is 5.64. The number of hydrogen-bond acceptors (Lipinski definition) is 11. The number of nitrogens with zero attached hydrogens (tertiary/aromatic N) is 4. The highest BCUT2D eigenvalue weighted by Gasteiger charge is 2.46. The topological polar surface area (TPSA) is 243 Å². The number of aliphatic hydroxyl groups excluding tert-OH is 2. The van der Waals surface area contributed by atoms with Crippen molar-refractivity contribution in [3.05, 3.63) is 18.1 Å². The zero-order valence-electron chi connectivity index (χ0n) is 13.6. The van der Waals surface area contributed by atoms with Crippen molar-refractivity contribution in [2.45, 2.75) is 24.5 Å². The minimum Gasteiger partial charge on any atom is -0.425 e. The molecule has 28 heavy (non-hydrogen) atoms. The minimum absolute atomic E-state index is 0.0331. The Kier molecular flexibility index (Phi) is 5.46. The van der Waals surface area contributed by atoms with E-state index in [2.05, 4.69) is 18.8 Å². The Balaban J connectivity index is 1.78. The molecule has 2 aromatic rings. The van der Waals surface area contributed by atoms with E-state index in [9.17, 15) is 29.4 Å². The van der Waals surface area contributed by atoms with Crippen LogP contribution in [0.3, 0.4) is 0 Å². The molecule has 1 fully saturated rings. The number of aliphatic hydroxyl groups is 2. The first-order valence-electron chi connectivity index (χ1n) is 7.33. The van der Waals surface area contributed by atoms with E-state index in [1.165, 1.54) is 0 Å². The lowest BCUT2D eigenvalue weighted by Crippen LogP contribution is -2.33. The van der Waals surface area contributed by atoms with Gasteiger partial charge in [-0.05, 0) is 0 Å². The van der Waals surface area contributed by atoms with Gasteiger partial charge in [-0.3, -0.25) is 14.5 Å². The van der Waals surface area contributed by atoms with Gasteiger partial charge in [0.25, 0.3) is 0 Å². The zero-order chi connectivity index (χ0) is 20.9. The van der Waals surface area contributed by atoms with Crippen molar-refractivity contribution in [3.8, 4) is 0 Å². The van der Waals surface area contributed by atoms with Gasteiger partial charge in [0, 0.05) is 0 Å². The van der Waals surface area contributed by atoms with Crippen molar-refractivity contribution in [1.29, 1.82) is 5.41 Å². The van der Waals surface area contributed by atoms with Gasteiger partial charge in [-0.25, -0.2) is 19.1 Å². The summed E-state index contributed by atoms with van der Waals surface area (Å²) in [6.07, 6.45) is -3.85. The minimum atomic E-state index is -5.32. The van der Waals surface area contributed by atoms with Crippen LogP contribution >= 0.6 is 15.6 Å². The smallest absolute Gasteiger partial charge is 0.425 e. The summed E-state index contributed by atoms with van der Waals surface area (Å²) in [7, 11) is -10.5. The number of hydrogen-bond donors (Lipinski definition) is 7. The van der Waals surface area contributed by atoms with Gasteiger partial charge >= 0.3 is 15.6 Å². The third-order valence-corrected chi connectivity index (χ3v) is 5.88. The number of ether oxygens (including phenoxy) is 1. The molecular weight excluding hydrogens is 428 g/mol. The maximum absolute atomic E-state index is 11.5. The Hall–Kier alpha value is -1.71. The summed E-state index contributed by atoms with van der Waals surface area (Å²) in [5.41, 5.74) is -0.400. The largest absolute Gasteiger partial charge is 0.481 e. The van der Waals surface area contributed by atoms with Gasteiger partial charge in [-0.15, -0.1) is 0 Å². The summed E-state index contributed by atoms with van der Waals surface area (Å²) in [6.45, 7) is -0.858. The van der Waals surface area contributed by atoms with Crippen molar-refractivity contribution < 1.29 is 52.8 Å². The van der Waals surface area contributed by atoms with Gasteiger partial charge < -0.3 is 34.8 Å². The van der Waals surface area contributed by atoms with Crippen LogP contribution in [-0.4, -0.2) is 74.3 Å². The highest BCUT2D eigenvalue weighted by atomic mass is 31.3. The molecule has 0 bridgehead atoms. The van der Waals surface area contributed by atoms with E-state index in [1.54, 1.807) is 0 Å². The summed E-state index contributed by atoms with van der Waals surface area (Å²) in [5, 5.41) is 37.4. The molecule has 0 saturated carbocycles. The molecule has 0 radical (unpaired) electrons. The zero-order valence-corrected chi connectivity index (χ0v) is 15.4. The number of fused-ring (bicyclic) bond motifs is 1. The molecule has 16 nitrogen and oxygen atoms in total. The van der Waals surface area contributed by atoms with E-state index in [1.807, 2.05) is 0 Å². The predicted molar refractivity (Wildman–Crippen MR) is 83.4 cm³/mol. The van der Waals surface area contributed by atoms with Crippen LogP contribution in [0.15, 0.2) is 12.7 Å². The highest BCUT2D eigenvalue weighted by Crippen LogP contribution is 2.57. The van der Waals surface area contributed by atoms with Gasteiger partial charge in [0.05, 0.1) is 12.9 Å². The van der Waals surface area contributed by atoms with Crippen LogP contribution in [0.25, 0.3) is 11.2 Å². The average molecular weight is 443 g/mol. The number of rotatable bonds is 6. The quantitative estimate of drug-likeness (QED) is 0.185. The molecule has 2 aromatic heterocycles. The summed E-state index contributed by atoms with van der Waals surface area (Å²) < 4.78 is 37.1. The molecule has 0 amide bonds. The molecule has 3 rings (SSSR count). The summed E-state index contributed by atoms with van der Waals surface area (Å²) in [4.78, 5) is 34.1. The first-order chi connectivity index (χ1) is 12.9. The van der Waals surface area contributed by atoms with Crippen LogP contribution in [0.1, 0.15) is 6.23 Å².